The van der Waals surface area contributed by atoms with Gasteiger partial charge < -0.3 is 42.4 Å². The van der Waals surface area contributed by atoms with Crippen molar-refractivity contribution >= 4 is 64.9 Å². The lowest BCUT2D eigenvalue weighted by Crippen LogP contribution is -2.61. The Labute approximate surface area is 284 Å². The Hall–Kier alpha value is -4.60. The fourth-order valence-electron chi connectivity index (χ4n) is 5.00. The van der Waals surface area contributed by atoms with Gasteiger partial charge in [0.25, 0.3) is 0 Å². The van der Waals surface area contributed by atoms with Crippen LogP contribution >= 0.6 is 12.6 Å². The van der Waals surface area contributed by atoms with Gasteiger partial charge in [-0.15, -0.1) is 0 Å². The van der Waals surface area contributed by atoms with Crippen LogP contribution < -0.4 is 32.3 Å². The number of carboxylic acid groups (broad SMARTS) is 1. The van der Waals surface area contributed by atoms with E-state index in [1.807, 2.05) is 31.2 Å². The number of nitrogens with two attached hydrogens (primary N) is 1. The molecule has 2 aromatic rings. The number of aromatic amines is 1. The van der Waals surface area contributed by atoms with Crippen LogP contribution in [-0.2, 0) is 40.0 Å². The first-order valence-corrected chi connectivity index (χ1v) is 16.4. The van der Waals surface area contributed by atoms with E-state index in [9.17, 15) is 38.7 Å². The van der Waals surface area contributed by atoms with Crippen molar-refractivity contribution in [1.82, 2.24) is 31.6 Å². The van der Waals surface area contributed by atoms with Gasteiger partial charge in [0, 0.05) is 36.2 Å². The summed E-state index contributed by atoms with van der Waals surface area (Å²) in [5.74, 6) is -6.68. The Morgan fingerprint density at radius 2 is 1.31 bits per heavy atom. The summed E-state index contributed by atoms with van der Waals surface area (Å²) in [7, 11) is 0. The van der Waals surface area contributed by atoms with Crippen molar-refractivity contribution in [3.05, 3.63) is 36.0 Å². The summed E-state index contributed by atoms with van der Waals surface area (Å²) in [5.41, 5.74) is 6.94. The van der Waals surface area contributed by atoms with Gasteiger partial charge in [-0.2, -0.15) is 12.6 Å². The third kappa shape index (κ3) is 11.3. The first-order valence-electron chi connectivity index (χ1n) is 15.8. The second-order valence-electron chi connectivity index (χ2n) is 11.9. The summed E-state index contributed by atoms with van der Waals surface area (Å²) in [6, 6.07) is 1.32. The molecule has 0 bridgehead atoms. The Morgan fingerprint density at radius 1 is 0.792 bits per heavy atom. The number of carbonyl (C=O) groups is 7. The molecular weight excluding hydrogens is 642 g/mol. The minimum Gasteiger partial charge on any atom is -0.481 e. The van der Waals surface area contributed by atoms with Crippen molar-refractivity contribution in [3.8, 4) is 0 Å². The SMILES string of the molecule is CCC(C)[C@H](NC(=O)[C@H](CC(=O)O)NC(C)=O)C(=O)N[C@H](C(=O)N[C@@H](Cc1c[nH]c2ccccc12)C(=O)N[C@@H](CS)C(N)=O)C(C)CC. The quantitative estimate of drug-likeness (QED) is 0.0917. The molecule has 6 amide bonds. The monoisotopic (exact) mass is 689 g/mol. The topological polar surface area (TPSA) is 242 Å². The lowest BCUT2D eigenvalue weighted by molar-refractivity contribution is -0.141. The minimum absolute atomic E-state index is 0.0283. The number of H-pyrrole nitrogens is 1. The van der Waals surface area contributed by atoms with Crippen LogP contribution in [0.15, 0.2) is 30.5 Å². The molecule has 0 aliphatic heterocycles. The highest BCUT2D eigenvalue weighted by molar-refractivity contribution is 7.80. The molecule has 0 aliphatic rings. The number of amides is 6. The predicted molar refractivity (Wildman–Crippen MR) is 182 cm³/mol. The Kier molecular flexibility index (Phi) is 15.4. The molecule has 16 heteroatoms. The molecule has 7 atom stereocenters. The van der Waals surface area contributed by atoms with Crippen LogP contribution in [0.25, 0.3) is 10.9 Å². The van der Waals surface area contributed by atoms with Gasteiger partial charge in [-0.05, 0) is 23.5 Å². The molecule has 1 aromatic heterocycles. The van der Waals surface area contributed by atoms with Gasteiger partial charge in [-0.3, -0.25) is 33.6 Å². The van der Waals surface area contributed by atoms with Crippen LogP contribution in [0.2, 0.25) is 0 Å². The number of aromatic nitrogens is 1. The molecule has 1 aromatic carbocycles. The molecule has 2 rings (SSSR count). The number of benzene rings is 1. The molecule has 2 unspecified atom stereocenters. The highest BCUT2D eigenvalue weighted by Crippen LogP contribution is 2.20. The molecule has 264 valence electrons. The van der Waals surface area contributed by atoms with E-state index in [2.05, 4.69) is 44.2 Å². The number of carbonyl (C=O) groups excluding carboxylic acids is 6. The Bertz CT molecular complexity index is 1470. The zero-order valence-corrected chi connectivity index (χ0v) is 28.7. The molecule has 0 saturated heterocycles. The van der Waals surface area contributed by atoms with Gasteiger partial charge in [0.1, 0.15) is 30.2 Å². The van der Waals surface area contributed by atoms with Crippen LogP contribution in [0, 0.1) is 11.8 Å². The highest BCUT2D eigenvalue weighted by atomic mass is 32.1. The van der Waals surface area contributed by atoms with Gasteiger partial charge in [-0.1, -0.05) is 58.7 Å². The zero-order valence-electron chi connectivity index (χ0n) is 27.8. The molecule has 0 saturated carbocycles. The van der Waals surface area contributed by atoms with Crippen LogP contribution in [0.5, 0.6) is 0 Å². The minimum atomic E-state index is -1.43. The van der Waals surface area contributed by atoms with E-state index in [-0.39, 0.29) is 12.2 Å². The van der Waals surface area contributed by atoms with Gasteiger partial charge in [0.15, 0.2) is 0 Å². The van der Waals surface area contributed by atoms with Crippen molar-refractivity contribution < 1.29 is 38.7 Å². The smallest absolute Gasteiger partial charge is 0.305 e. The van der Waals surface area contributed by atoms with E-state index in [1.54, 1.807) is 27.0 Å². The van der Waals surface area contributed by atoms with Gasteiger partial charge in [0.2, 0.25) is 35.4 Å². The van der Waals surface area contributed by atoms with Crippen molar-refractivity contribution in [1.29, 1.82) is 0 Å². The summed E-state index contributed by atoms with van der Waals surface area (Å²) >= 11 is 4.09. The Morgan fingerprint density at radius 3 is 1.83 bits per heavy atom. The summed E-state index contributed by atoms with van der Waals surface area (Å²) in [4.78, 5) is 92.1. The number of aliphatic carboxylic acids is 1. The summed E-state index contributed by atoms with van der Waals surface area (Å²) in [6.45, 7) is 8.17. The average Bonchev–Trinajstić information content (AvgIpc) is 3.45. The van der Waals surface area contributed by atoms with Gasteiger partial charge >= 0.3 is 5.97 Å². The number of fused-ring (bicyclic) bond motifs is 1. The van der Waals surface area contributed by atoms with Crippen LogP contribution in [0.4, 0.5) is 0 Å². The number of hydrogen-bond acceptors (Lipinski definition) is 8. The fourth-order valence-corrected chi connectivity index (χ4v) is 5.27. The average molecular weight is 690 g/mol. The molecular formula is C32H47N7O8S. The molecule has 0 aliphatic carbocycles. The van der Waals surface area contributed by atoms with Crippen molar-refractivity contribution in [3.63, 3.8) is 0 Å². The molecule has 0 fully saturated rings. The molecule has 48 heavy (non-hydrogen) atoms. The maximum absolute atomic E-state index is 13.9. The molecule has 15 nitrogen and oxygen atoms in total. The van der Waals surface area contributed by atoms with E-state index in [4.69, 9.17) is 5.73 Å². The number of carboxylic acids is 1. The van der Waals surface area contributed by atoms with Gasteiger partial charge in [0.05, 0.1) is 6.42 Å². The molecule has 1 heterocycles. The largest absolute Gasteiger partial charge is 0.481 e. The van der Waals surface area contributed by atoms with Crippen LogP contribution in [-0.4, -0.2) is 87.5 Å². The third-order valence-corrected chi connectivity index (χ3v) is 8.60. The lowest BCUT2D eigenvalue weighted by atomic mass is 9.94. The zero-order chi connectivity index (χ0) is 36.1. The van der Waals surface area contributed by atoms with Crippen molar-refractivity contribution in [2.45, 2.75) is 90.5 Å². The number of nitrogens with one attached hydrogen (secondary N) is 6. The van der Waals surface area contributed by atoms with Crippen molar-refractivity contribution in [2.24, 2.45) is 17.6 Å². The number of thiol groups is 1. The normalized spacial score (nSPS) is 15.5. The molecule has 9 N–H and O–H groups in total. The van der Waals surface area contributed by atoms with Crippen LogP contribution in [0.3, 0.4) is 0 Å². The molecule has 0 spiro atoms. The number of para-hydroxylation sites is 1. The van der Waals surface area contributed by atoms with E-state index in [0.29, 0.717) is 18.4 Å². The second-order valence-corrected chi connectivity index (χ2v) is 12.2. The standard InChI is InChI=1S/C32H47N7O8S/c1-6-16(3)26(39-32(47)27(17(4)7-2)38-30(45)23(13-25(41)42)35-18(5)40)31(46)36-22(29(44)37-24(15-48)28(33)43)12-19-14-34-21-11-9-8-10-20(19)21/h8-11,14,16-17,22-24,26-27,34,48H,6-7,12-13,15H2,1-5H3,(H2,33,43)(H,35,40)(H,36,46)(H,37,44)(H,38,45)(H,39,47)(H,41,42)/t16?,17?,22-,23-,24-,26-,27-/m0/s1. The molecule has 0 radical (unpaired) electrons. The Balaban J connectivity index is 2.39. The van der Waals surface area contributed by atoms with E-state index < -0.39 is 89.9 Å². The van der Waals surface area contributed by atoms with E-state index in [0.717, 1.165) is 17.8 Å². The lowest BCUT2D eigenvalue weighted by Gasteiger charge is -2.30. The number of rotatable bonds is 19. The fraction of sp³-hybridized carbons (Fsp3) is 0.531. The predicted octanol–water partition coefficient (Wildman–Crippen LogP) is 0.136. The summed E-state index contributed by atoms with van der Waals surface area (Å²) in [6.07, 6.45) is 1.92. The van der Waals surface area contributed by atoms with E-state index >= 15 is 0 Å². The summed E-state index contributed by atoms with van der Waals surface area (Å²) in [5, 5.41) is 22.9. The maximum atomic E-state index is 13.9. The summed E-state index contributed by atoms with van der Waals surface area (Å²) < 4.78 is 0. The van der Waals surface area contributed by atoms with Gasteiger partial charge in [-0.25, -0.2) is 0 Å². The van der Waals surface area contributed by atoms with E-state index in [1.165, 1.54) is 0 Å². The maximum Gasteiger partial charge on any atom is 0.305 e. The first-order chi connectivity index (χ1) is 22.6. The van der Waals surface area contributed by atoms with Crippen molar-refractivity contribution in [2.75, 3.05) is 5.75 Å². The first kappa shape index (κ1) is 39.6. The number of primary amides is 1. The number of hydrogen-bond donors (Lipinski definition) is 9. The second kappa shape index (κ2) is 18.7. The highest BCUT2D eigenvalue weighted by Gasteiger charge is 2.36. The third-order valence-electron chi connectivity index (χ3n) is 8.23. The van der Waals surface area contributed by atoms with Crippen LogP contribution in [0.1, 0.15) is 59.4 Å².